The van der Waals surface area contributed by atoms with Gasteiger partial charge in [0.05, 0.1) is 6.61 Å². The van der Waals surface area contributed by atoms with Gasteiger partial charge in [0.2, 0.25) is 5.91 Å². The van der Waals surface area contributed by atoms with E-state index >= 15 is 0 Å². The van der Waals surface area contributed by atoms with Crippen molar-refractivity contribution in [2.45, 2.75) is 39.2 Å². The van der Waals surface area contributed by atoms with E-state index in [0.29, 0.717) is 19.1 Å². The van der Waals surface area contributed by atoms with E-state index in [9.17, 15) is 4.79 Å². The molecule has 0 aliphatic carbocycles. The summed E-state index contributed by atoms with van der Waals surface area (Å²) in [5, 5.41) is 2.98. The summed E-state index contributed by atoms with van der Waals surface area (Å²) in [7, 11) is 0. The predicted octanol–water partition coefficient (Wildman–Crippen LogP) is 2.13. The van der Waals surface area contributed by atoms with Crippen LogP contribution < -0.4 is 11.1 Å². The summed E-state index contributed by atoms with van der Waals surface area (Å²) in [4.78, 5) is 11.9. The van der Waals surface area contributed by atoms with E-state index in [1.165, 1.54) is 5.56 Å². The summed E-state index contributed by atoms with van der Waals surface area (Å²) in [5.74, 6) is 0.384. The summed E-state index contributed by atoms with van der Waals surface area (Å²) >= 11 is 0. The number of ether oxygens (including phenoxy) is 1. The molecule has 0 aliphatic heterocycles. The van der Waals surface area contributed by atoms with E-state index in [2.05, 4.69) is 31.3 Å². The zero-order chi connectivity index (χ0) is 15.7. The van der Waals surface area contributed by atoms with Crippen LogP contribution in [-0.2, 0) is 16.0 Å². The third-order valence-electron chi connectivity index (χ3n) is 3.36. The Balaban J connectivity index is 2.27. The van der Waals surface area contributed by atoms with Crippen molar-refractivity contribution < 1.29 is 9.53 Å². The highest BCUT2D eigenvalue weighted by Crippen LogP contribution is 2.15. The fourth-order valence-corrected chi connectivity index (χ4v) is 2.46. The van der Waals surface area contributed by atoms with Gasteiger partial charge in [-0.15, -0.1) is 0 Å². The highest BCUT2D eigenvalue weighted by atomic mass is 16.5. The molecule has 0 bridgehead atoms. The van der Waals surface area contributed by atoms with Gasteiger partial charge in [0.1, 0.15) is 6.61 Å². The van der Waals surface area contributed by atoms with Crippen LogP contribution in [0.4, 0.5) is 0 Å². The maximum atomic E-state index is 11.9. The molecule has 0 aliphatic rings. The smallest absolute Gasteiger partial charge is 0.246 e. The van der Waals surface area contributed by atoms with Gasteiger partial charge in [-0.1, -0.05) is 44.2 Å². The van der Waals surface area contributed by atoms with Crippen LogP contribution in [0.1, 0.15) is 32.8 Å². The molecule has 4 heteroatoms. The maximum absolute atomic E-state index is 11.9. The lowest BCUT2D eigenvalue weighted by Crippen LogP contribution is -2.53. The van der Waals surface area contributed by atoms with Gasteiger partial charge >= 0.3 is 0 Å². The van der Waals surface area contributed by atoms with E-state index in [0.717, 1.165) is 12.8 Å². The third kappa shape index (κ3) is 7.25. The van der Waals surface area contributed by atoms with Crippen molar-refractivity contribution in [1.82, 2.24) is 5.32 Å². The van der Waals surface area contributed by atoms with Crippen LogP contribution in [0.5, 0.6) is 0 Å². The number of rotatable bonds is 9. The lowest BCUT2D eigenvalue weighted by Gasteiger charge is -2.31. The topological polar surface area (TPSA) is 64.3 Å². The van der Waals surface area contributed by atoms with Crippen molar-refractivity contribution in [3.8, 4) is 0 Å². The first-order valence-corrected chi connectivity index (χ1v) is 7.58. The van der Waals surface area contributed by atoms with Crippen LogP contribution in [0.15, 0.2) is 30.3 Å². The number of nitrogens with one attached hydrogen (secondary N) is 1. The quantitative estimate of drug-likeness (QED) is 0.685. The summed E-state index contributed by atoms with van der Waals surface area (Å²) < 4.78 is 5.44. The molecule has 1 amide bonds. The highest BCUT2D eigenvalue weighted by molar-refractivity contribution is 5.78. The van der Waals surface area contributed by atoms with Crippen LogP contribution in [0, 0.1) is 5.92 Å². The molecule has 118 valence electrons. The van der Waals surface area contributed by atoms with Gasteiger partial charge in [-0.2, -0.15) is 0 Å². The van der Waals surface area contributed by atoms with Gasteiger partial charge in [0, 0.05) is 12.1 Å². The van der Waals surface area contributed by atoms with Crippen LogP contribution in [0.25, 0.3) is 0 Å². The molecule has 0 heterocycles. The Hall–Kier alpha value is -1.39. The van der Waals surface area contributed by atoms with Crippen molar-refractivity contribution in [3.63, 3.8) is 0 Å². The monoisotopic (exact) mass is 292 g/mol. The van der Waals surface area contributed by atoms with Gasteiger partial charge in [0.15, 0.2) is 0 Å². The Morgan fingerprint density at radius 1 is 1.33 bits per heavy atom. The minimum atomic E-state index is -0.353. The fraction of sp³-hybridized carbons (Fsp3) is 0.588. The predicted molar refractivity (Wildman–Crippen MR) is 86.0 cm³/mol. The third-order valence-corrected chi connectivity index (χ3v) is 3.36. The Labute approximate surface area is 128 Å². The normalized spacial score (nSPS) is 14.0. The molecule has 0 saturated heterocycles. The number of carbonyl (C=O) groups excluding carboxylic acids is 1. The Morgan fingerprint density at radius 3 is 2.57 bits per heavy atom. The molecule has 0 spiro atoms. The minimum absolute atomic E-state index is 0.0838. The standard InChI is InChI=1S/C17H28N2O2/c1-14(2)11-17(3,13-18)19-16(20)12-21-10-9-15-7-5-4-6-8-15/h4-8,14H,9-13,18H2,1-3H3,(H,19,20). The summed E-state index contributed by atoms with van der Waals surface area (Å²) in [5.41, 5.74) is 6.64. The molecule has 1 unspecified atom stereocenters. The molecule has 1 aromatic carbocycles. The van der Waals surface area contributed by atoms with Gasteiger partial charge in [-0.3, -0.25) is 4.79 Å². The number of hydrogen-bond donors (Lipinski definition) is 2. The van der Waals surface area contributed by atoms with Crippen LogP contribution in [0.3, 0.4) is 0 Å². The van der Waals surface area contributed by atoms with E-state index in [1.807, 2.05) is 25.1 Å². The molecule has 1 rings (SSSR count). The first-order valence-electron chi connectivity index (χ1n) is 7.58. The van der Waals surface area contributed by atoms with Crippen LogP contribution >= 0.6 is 0 Å². The Morgan fingerprint density at radius 2 is 2.00 bits per heavy atom. The van der Waals surface area contributed by atoms with Crippen molar-refractivity contribution in [2.24, 2.45) is 11.7 Å². The maximum Gasteiger partial charge on any atom is 0.246 e. The summed E-state index contributed by atoms with van der Waals surface area (Å²) in [6, 6.07) is 10.1. The van der Waals surface area contributed by atoms with Crippen molar-refractivity contribution in [1.29, 1.82) is 0 Å². The molecular formula is C17H28N2O2. The second kappa shape index (κ2) is 8.80. The number of carbonyl (C=O) groups is 1. The van der Waals surface area contributed by atoms with Gasteiger partial charge in [-0.25, -0.2) is 0 Å². The molecular weight excluding hydrogens is 264 g/mol. The van der Waals surface area contributed by atoms with Gasteiger partial charge < -0.3 is 15.8 Å². The van der Waals surface area contributed by atoms with E-state index in [4.69, 9.17) is 10.5 Å². The summed E-state index contributed by atoms with van der Waals surface area (Å²) in [6.07, 6.45) is 1.67. The lowest BCUT2D eigenvalue weighted by molar-refractivity contribution is -0.127. The second-order valence-electron chi connectivity index (χ2n) is 6.20. The zero-order valence-electron chi connectivity index (χ0n) is 13.4. The number of benzene rings is 1. The van der Waals surface area contributed by atoms with E-state index in [-0.39, 0.29) is 18.1 Å². The number of hydrogen-bond acceptors (Lipinski definition) is 3. The van der Waals surface area contributed by atoms with Gasteiger partial charge in [0.25, 0.3) is 0 Å². The first kappa shape index (κ1) is 17.7. The average Bonchev–Trinajstić information content (AvgIpc) is 2.44. The molecule has 21 heavy (non-hydrogen) atoms. The minimum Gasteiger partial charge on any atom is -0.371 e. The second-order valence-corrected chi connectivity index (χ2v) is 6.20. The number of nitrogens with two attached hydrogens (primary N) is 1. The molecule has 0 fully saturated rings. The van der Waals surface area contributed by atoms with Crippen molar-refractivity contribution in [2.75, 3.05) is 19.8 Å². The van der Waals surface area contributed by atoms with Crippen molar-refractivity contribution >= 4 is 5.91 Å². The lowest BCUT2D eigenvalue weighted by atomic mass is 9.91. The average molecular weight is 292 g/mol. The highest BCUT2D eigenvalue weighted by Gasteiger charge is 2.25. The molecule has 0 aromatic heterocycles. The zero-order valence-corrected chi connectivity index (χ0v) is 13.4. The van der Waals surface area contributed by atoms with Crippen LogP contribution in [0.2, 0.25) is 0 Å². The van der Waals surface area contributed by atoms with E-state index in [1.54, 1.807) is 0 Å². The fourth-order valence-electron chi connectivity index (χ4n) is 2.46. The molecule has 3 N–H and O–H groups in total. The largest absolute Gasteiger partial charge is 0.371 e. The summed E-state index contributed by atoms with van der Waals surface area (Å²) in [6.45, 7) is 7.28. The Kier molecular flexibility index (Phi) is 7.40. The molecule has 0 radical (unpaired) electrons. The Bertz CT molecular complexity index is 420. The van der Waals surface area contributed by atoms with Crippen LogP contribution in [-0.4, -0.2) is 31.2 Å². The van der Waals surface area contributed by atoms with E-state index < -0.39 is 0 Å². The molecule has 1 atom stereocenters. The van der Waals surface area contributed by atoms with Gasteiger partial charge in [-0.05, 0) is 31.2 Å². The SMILES string of the molecule is CC(C)CC(C)(CN)NC(=O)COCCc1ccccc1. The molecule has 1 aromatic rings. The molecule has 0 saturated carbocycles. The number of amides is 1. The first-order chi connectivity index (χ1) is 9.95. The van der Waals surface area contributed by atoms with Crippen molar-refractivity contribution in [3.05, 3.63) is 35.9 Å². The molecule has 4 nitrogen and oxygen atoms in total.